The first-order valence-corrected chi connectivity index (χ1v) is 7.59. The summed E-state index contributed by atoms with van der Waals surface area (Å²) in [6.07, 6.45) is 6.05. The molecule has 0 saturated heterocycles. The minimum atomic E-state index is 0.505. The molecule has 0 radical (unpaired) electrons. The van der Waals surface area contributed by atoms with Crippen LogP contribution < -0.4 is 4.74 Å². The number of fused-ring (bicyclic) bond motifs is 1. The first-order chi connectivity index (χ1) is 11.8. The second kappa shape index (κ2) is 5.94. The van der Waals surface area contributed by atoms with Crippen LogP contribution in [0, 0.1) is 11.3 Å². The van der Waals surface area contributed by atoms with Crippen LogP contribution in [0.3, 0.4) is 0 Å². The highest BCUT2D eigenvalue weighted by atomic mass is 16.5. The van der Waals surface area contributed by atoms with Crippen molar-refractivity contribution < 1.29 is 4.74 Å². The van der Waals surface area contributed by atoms with Gasteiger partial charge in [0.1, 0.15) is 23.4 Å². The van der Waals surface area contributed by atoms with E-state index in [4.69, 9.17) is 4.74 Å². The molecule has 5 heteroatoms. The molecule has 0 fully saturated rings. The van der Waals surface area contributed by atoms with Crippen LogP contribution in [0.4, 0.5) is 0 Å². The van der Waals surface area contributed by atoms with Crippen molar-refractivity contribution in [2.75, 3.05) is 0 Å². The molecular weight excluding hydrogens is 300 g/mol. The summed E-state index contributed by atoms with van der Waals surface area (Å²) in [6, 6.07) is 15.6. The number of H-pyrrole nitrogens is 2. The summed E-state index contributed by atoms with van der Waals surface area (Å²) in [5.74, 6) is 2.15. The van der Waals surface area contributed by atoms with E-state index in [0.29, 0.717) is 17.7 Å². The van der Waals surface area contributed by atoms with Crippen molar-refractivity contribution in [1.82, 2.24) is 15.0 Å². The maximum absolute atomic E-state index is 9.36. The fraction of sp³-hybridized carbons (Fsp3) is 0.0526. The lowest BCUT2D eigenvalue weighted by Crippen LogP contribution is -1.94. The highest BCUT2D eigenvalue weighted by molar-refractivity contribution is 5.86. The molecule has 0 atom stereocenters. The van der Waals surface area contributed by atoms with Gasteiger partial charge in [-0.1, -0.05) is 12.1 Å². The lowest BCUT2D eigenvalue weighted by Gasteiger charge is -2.10. The van der Waals surface area contributed by atoms with E-state index in [0.717, 1.165) is 28.0 Å². The number of benzene rings is 2. The van der Waals surface area contributed by atoms with Crippen LogP contribution in [-0.2, 0) is 6.42 Å². The van der Waals surface area contributed by atoms with Gasteiger partial charge < -0.3 is 14.7 Å². The van der Waals surface area contributed by atoms with Crippen molar-refractivity contribution >= 4 is 10.9 Å². The monoisotopic (exact) mass is 314 g/mol. The van der Waals surface area contributed by atoms with Gasteiger partial charge in [-0.25, -0.2) is 4.98 Å². The van der Waals surface area contributed by atoms with Crippen LogP contribution in [0.2, 0.25) is 0 Å². The summed E-state index contributed by atoms with van der Waals surface area (Å²) in [5.41, 5.74) is 2.53. The number of aromatic amines is 2. The number of imidazole rings is 1. The second-order valence-corrected chi connectivity index (χ2v) is 5.45. The molecule has 0 bridgehead atoms. The summed E-state index contributed by atoms with van der Waals surface area (Å²) in [4.78, 5) is 10.5. The fourth-order valence-corrected chi connectivity index (χ4v) is 2.71. The zero-order valence-electron chi connectivity index (χ0n) is 12.8. The number of rotatable bonds is 4. The molecule has 0 saturated carbocycles. The van der Waals surface area contributed by atoms with Crippen LogP contribution in [0.1, 0.15) is 17.0 Å². The highest BCUT2D eigenvalue weighted by Crippen LogP contribution is 2.32. The zero-order valence-corrected chi connectivity index (χ0v) is 12.8. The van der Waals surface area contributed by atoms with Gasteiger partial charge in [-0.3, -0.25) is 0 Å². The van der Waals surface area contributed by atoms with Gasteiger partial charge in [0.25, 0.3) is 0 Å². The van der Waals surface area contributed by atoms with Crippen molar-refractivity contribution in [3.8, 4) is 17.6 Å². The average Bonchev–Trinajstić information content (AvgIpc) is 3.27. The molecule has 2 heterocycles. The molecule has 0 spiro atoms. The van der Waals surface area contributed by atoms with E-state index in [-0.39, 0.29) is 0 Å². The number of aromatic nitrogens is 3. The molecule has 2 N–H and O–H groups in total. The van der Waals surface area contributed by atoms with Gasteiger partial charge in [0, 0.05) is 35.9 Å². The Morgan fingerprint density at radius 1 is 1.04 bits per heavy atom. The summed E-state index contributed by atoms with van der Waals surface area (Å²) >= 11 is 0. The number of hydrogen-bond donors (Lipinski definition) is 2. The number of nitrogens with one attached hydrogen (secondary N) is 2. The van der Waals surface area contributed by atoms with E-state index < -0.39 is 0 Å². The highest BCUT2D eigenvalue weighted by Gasteiger charge is 2.10. The van der Waals surface area contributed by atoms with Gasteiger partial charge in [0.15, 0.2) is 0 Å². The van der Waals surface area contributed by atoms with Gasteiger partial charge >= 0.3 is 0 Å². The van der Waals surface area contributed by atoms with E-state index in [2.05, 4.69) is 21.0 Å². The number of nitriles is 1. The third kappa shape index (κ3) is 2.61. The van der Waals surface area contributed by atoms with Crippen molar-refractivity contribution in [2.45, 2.75) is 6.42 Å². The molecule has 2 aromatic carbocycles. The Kier molecular flexibility index (Phi) is 3.49. The Hall–Kier alpha value is -3.52. The van der Waals surface area contributed by atoms with Crippen molar-refractivity contribution in [3.05, 3.63) is 78.0 Å². The van der Waals surface area contributed by atoms with Crippen molar-refractivity contribution in [1.29, 1.82) is 5.26 Å². The number of ether oxygens (including phenoxy) is 1. The smallest absolute Gasteiger partial charge is 0.145 e. The Morgan fingerprint density at radius 2 is 2.00 bits per heavy atom. The Morgan fingerprint density at radius 3 is 2.83 bits per heavy atom. The van der Waals surface area contributed by atoms with Gasteiger partial charge in [-0.15, -0.1) is 0 Å². The van der Waals surface area contributed by atoms with Crippen molar-refractivity contribution in [2.24, 2.45) is 0 Å². The third-order valence-corrected chi connectivity index (χ3v) is 3.87. The van der Waals surface area contributed by atoms with Gasteiger partial charge in [0.05, 0.1) is 5.56 Å². The normalized spacial score (nSPS) is 10.6. The molecular formula is C19H14N4O. The number of nitrogens with zero attached hydrogens (tertiary/aromatic N) is 2. The molecule has 0 amide bonds. The Bertz CT molecular complexity index is 1030. The minimum Gasteiger partial charge on any atom is -0.455 e. The minimum absolute atomic E-state index is 0.505. The quantitative estimate of drug-likeness (QED) is 0.594. The molecule has 116 valence electrons. The van der Waals surface area contributed by atoms with E-state index in [1.54, 1.807) is 18.5 Å². The van der Waals surface area contributed by atoms with Crippen LogP contribution in [0.15, 0.2) is 61.1 Å². The summed E-state index contributed by atoms with van der Waals surface area (Å²) in [7, 11) is 0. The Labute approximate surface area is 138 Å². The zero-order chi connectivity index (χ0) is 16.4. The van der Waals surface area contributed by atoms with Crippen LogP contribution in [0.5, 0.6) is 11.5 Å². The predicted molar refractivity (Wildman–Crippen MR) is 90.9 cm³/mol. The maximum atomic E-state index is 9.36. The lowest BCUT2D eigenvalue weighted by molar-refractivity contribution is 0.486. The first kappa shape index (κ1) is 14.1. The lowest BCUT2D eigenvalue weighted by atomic mass is 10.1. The van der Waals surface area contributed by atoms with Gasteiger partial charge in [-0.2, -0.15) is 5.26 Å². The first-order valence-electron chi connectivity index (χ1n) is 7.59. The van der Waals surface area contributed by atoms with Crippen molar-refractivity contribution in [3.63, 3.8) is 0 Å². The van der Waals surface area contributed by atoms with Crippen LogP contribution in [0.25, 0.3) is 10.9 Å². The van der Waals surface area contributed by atoms with Crippen LogP contribution >= 0.6 is 0 Å². The average molecular weight is 314 g/mol. The topological polar surface area (TPSA) is 77.5 Å². The number of hydrogen-bond acceptors (Lipinski definition) is 3. The summed E-state index contributed by atoms with van der Waals surface area (Å²) in [6.45, 7) is 0. The summed E-state index contributed by atoms with van der Waals surface area (Å²) < 4.78 is 6.06. The largest absolute Gasteiger partial charge is 0.455 e. The second-order valence-electron chi connectivity index (χ2n) is 5.45. The molecule has 0 aliphatic rings. The van der Waals surface area contributed by atoms with Gasteiger partial charge in [0.2, 0.25) is 0 Å². The molecule has 4 aromatic rings. The summed E-state index contributed by atoms with van der Waals surface area (Å²) in [5, 5.41) is 10.3. The van der Waals surface area contributed by atoms with E-state index in [1.807, 2.05) is 42.6 Å². The van der Waals surface area contributed by atoms with E-state index >= 15 is 0 Å². The Balaban J connectivity index is 1.71. The maximum Gasteiger partial charge on any atom is 0.145 e. The fourth-order valence-electron chi connectivity index (χ4n) is 2.71. The molecule has 4 rings (SSSR count). The van der Waals surface area contributed by atoms with E-state index in [9.17, 15) is 5.26 Å². The molecule has 2 aromatic heterocycles. The standard InChI is InChI=1S/C19H14N4O/c20-12-14-5-4-13(11-19-22-8-9-23-19)10-18(14)24-17-3-1-2-16-15(17)6-7-21-16/h1-10,21H,11H2,(H,22,23). The molecule has 0 aliphatic heterocycles. The molecule has 0 unspecified atom stereocenters. The molecule has 5 nitrogen and oxygen atoms in total. The molecule has 24 heavy (non-hydrogen) atoms. The molecule has 0 aliphatic carbocycles. The third-order valence-electron chi connectivity index (χ3n) is 3.87. The van der Waals surface area contributed by atoms with Gasteiger partial charge in [-0.05, 0) is 35.9 Å². The van der Waals surface area contributed by atoms with E-state index in [1.165, 1.54) is 0 Å². The SMILES string of the molecule is N#Cc1ccc(Cc2ncc[nH]2)cc1Oc1cccc2[nH]ccc12. The van der Waals surface area contributed by atoms with Crippen LogP contribution in [-0.4, -0.2) is 15.0 Å². The predicted octanol–water partition coefficient (Wildman–Crippen LogP) is 4.15.